The standard InChI is InChI=1S/C25H26Cl2N2O3S2/c1-18-9-11-22(12-10-18)34(31,32)29(24-8-4-7-23(27)19(24)2)16-25(30)28-13-14-33-17-20-5-3-6-21(26)15-20/h3-12,15H,13-14,16-17H2,1-2H3,(H,28,30). The number of benzene rings is 3. The molecule has 0 saturated heterocycles. The van der Waals surface area contributed by atoms with Crippen LogP contribution in [0.25, 0.3) is 0 Å². The summed E-state index contributed by atoms with van der Waals surface area (Å²) in [6.45, 7) is 3.68. The molecular formula is C25H26Cl2N2O3S2. The highest BCUT2D eigenvalue weighted by atomic mass is 35.5. The van der Waals surface area contributed by atoms with Crippen molar-refractivity contribution in [3.8, 4) is 0 Å². The minimum absolute atomic E-state index is 0.113. The Labute approximate surface area is 215 Å². The molecule has 0 aliphatic heterocycles. The van der Waals surface area contributed by atoms with Crippen LogP contribution in [0.15, 0.2) is 71.6 Å². The number of halogens is 2. The molecule has 3 aromatic carbocycles. The van der Waals surface area contributed by atoms with Gasteiger partial charge in [0.2, 0.25) is 5.91 Å². The van der Waals surface area contributed by atoms with E-state index < -0.39 is 15.9 Å². The summed E-state index contributed by atoms with van der Waals surface area (Å²) in [5, 5.41) is 3.94. The van der Waals surface area contributed by atoms with Gasteiger partial charge in [-0.2, -0.15) is 11.8 Å². The number of carbonyl (C=O) groups excluding carboxylic acids is 1. The molecule has 1 N–H and O–H groups in total. The van der Waals surface area contributed by atoms with Gasteiger partial charge in [-0.3, -0.25) is 9.10 Å². The van der Waals surface area contributed by atoms with Crippen LogP contribution in [-0.2, 0) is 20.6 Å². The number of anilines is 1. The van der Waals surface area contributed by atoms with E-state index in [0.29, 0.717) is 33.6 Å². The number of nitrogens with one attached hydrogen (secondary N) is 1. The monoisotopic (exact) mass is 536 g/mol. The maximum Gasteiger partial charge on any atom is 0.264 e. The number of sulfonamides is 1. The first-order valence-corrected chi connectivity index (χ1v) is 14.0. The maximum atomic E-state index is 13.5. The van der Waals surface area contributed by atoms with Crippen molar-refractivity contribution in [1.29, 1.82) is 0 Å². The Bertz CT molecular complexity index is 1250. The molecule has 0 bridgehead atoms. The first-order valence-electron chi connectivity index (χ1n) is 10.6. The average molecular weight is 538 g/mol. The third kappa shape index (κ3) is 6.92. The number of hydrogen-bond acceptors (Lipinski definition) is 4. The molecule has 9 heteroatoms. The van der Waals surface area contributed by atoms with E-state index in [1.54, 1.807) is 61.2 Å². The predicted octanol–water partition coefficient (Wildman–Crippen LogP) is 5.86. The summed E-state index contributed by atoms with van der Waals surface area (Å²) in [6, 6.07) is 19.2. The van der Waals surface area contributed by atoms with Crippen LogP contribution in [0.4, 0.5) is 5.69 Å². The smallest absolute Gasteiger partial charge is 0.264 e. The van der Waals surface area contributed by atoms with Crippen molar-refractivity contribution in [2.75, 3.05) is 23.1 Å². The van der Waals surface area contributed by atoms with Gasteiger partial charge in [0, 0.05) is 28.1 Å². The van der Waals surface area contributed by atoms with Crippen molar-refractivity contribution < 1.29 is 13.2 Å². The second-order valence-electron chi connectivity index (χ2n) is 7.74. The van der Waals surface area contributed by atoms with E-state index in [9.17, 15) is 13.2 Å². The molecule has 0 radical (unpaired) electrons. The van der Waals surface area contributed by atoms with E-state index in [1.807, 2.05) is 31.2 Å². The van der Waals surface area contributed by atoms with E-state index >= 15 is 0 Å². The van der Waals surface area contributed by atoms with Gasteiger partial charge in [0.15, 0.2) is 0 Å². The molecule has 1 amide bonds. The molecule has 3 rings (SSSR count). The summed E-state index contributed by atoms with van der Waals surface area (Å²) in [5.74, 6) is 1.06. The Hall–Kier alpha value is -2.19. The molecule has 5 nitrogen and oxygen atoms in total. The number of thioether (sulfide) groups is 1. The lowest BCUT2D eigenvalue weighted by molar-refractivity contribution is -0.119. The van der Waals surface area contributed by atoms with Crippen LogP contribution < -0.4 is 9.62 Å². The number of hydrogen-bond donors (Lipinski definition) is 1. The number of nitrogens with zero attached hydrogens (tertiary/aromatic N) is 1. The van der Waals surface area contributed by atoms with Gasteiger partial charge in [-0.25, -0.2) is 8.42 Å². The molecule has 0 atom stereocenters. The Balaban J connectivity index is 1.69. The Kier molecular flexibility index (Phi) is 9.31. The van der Waals surface area contributed by atoms with E-state index in [2.05, 4.69) is 5.32 Å². The fourth-order valence-corrected chi connectivity index (χ4v) is 5.94. The van der Waals surface area contributed by atoms with Crippen LogP contribution >= 0.6 is 35.0 Å². The van der Waals surface area contributed by atoms with E-state index in [0.717, 1.165) is 21.2 Å². The van der Waals surface area contributed by atoms with Gasteiger partial charge < -0.3 is 5.32 Å². The van der Waals surface area contributed by atoms with Crippen molar-refractivity contribution in [2.45, 2.75) is 24.5 Å². The molecule has 180 valence electrons. The lowest BCUT2D eigenvalue weighted by atomic mass is 10.2. The summed E-state index contributed by atoms with van der Waals surface area (Å²) in [4.78, 5) is 12.9. The van der Waals surface area contributed by atoms with Crippen LogP contribution in [0.3, 0.4) is 0 Å². The van der Waals surface area contributed by atoms with Gasteiger partial charge in [-0.05, 0) is 61.4 Å². The molecular weight excluding hydrogens is 511 g/mol. The molecule has 0 aromatic heterocycles. The van der Waals surface area contributed by atoms with Crippen LogP contribution in [0.2, 0.25) is 10.0 Å². The summed E-state index contributed by atoms with van der Waals surface area (Å²) in [6.07, 6.45) is 0. The number of aryl methyl sites for hydroxylation is 1. The SMILES string of the molecule is Cc1ccc(S(=O)(=O)N(CC(=O)NCCSCc2cccc(Cl)c2)c2cccc(Cl)c2C)cc1. The molecule has 0 aliphatic rings. The largest absolute Gasteiger partial charge is 0.354 e. The summed E-state index contributed by atoms with van der Waals surface area (Å²) < 4.78 is 28.1. The van der Waals surface area contributed by atoms with Gasteiger partial charge in [0.1, 0.15) is 6.54 Å². The predicted molar refractivity (Wildman–Crippen MR) is 143 cm³/mol. The Morgan fingerprint density at radius 3 is 2.41 bits per heavy atom. The van der Waals surface area contributed by atoms with E-state index in [1.165, 1.54) is 0 Å². The second kappa shape index (κ2) is 12.0. The van der Waals surface area contributed by atoms with Crippen LogP contribution in [0.1, 0.15) is 16.7 Å². The van der Waals surface area contributed by atoms with Crippen LogP contribution in [-0.4, -0.2) is 33.2 Å². The molecule has 0 spiro atoms. The number of rotatable bonds is 10. The molecule has 0 fully saturated rings. The van der Waals surface area contributed by atoms with Crippen molar-refractivity contribution >= 4 is 56.6 Å². The normalized spacial score (nSPS) is 11.3. The van der Waals surface area contributed by atoms with Crippen molar-refractivity contribution in [2.24, 2.45) is 0 Å². The summed E-state index contributed by atoms with van der Waals surface area (Å²) in [5.41, 5.74) is 3.01. The fraction of sp³-hybridized carbons (Fsp3) is 0.240. The molecule has 0 aliphatic carbocycles. The molecule has 34 heavy (non-hydrogen) atoms. The van der Waals surface area contributed by atoms with Crippen molar-refractivity contribution in [3.05, 3.63) is 93.5 Å². The fourth-order valence-electron chi connectivity index (χ4n) is 3.27. The third-order valence-corrected chi connectivity index (χ3v) is 8.58. The van der Waals surface area contributed by atoms with Crippen LogP contribution in [0, 0.1) is 13.8 Å². The molecule has 0 saturated carbocycles. The lowest BCUT2D eigenvalue weighted by Crippen LogP contribution is -2.41. The topological polar surface area (TPSA) is 66.5 Å². The quantitative estimate of drug-likeness (QED) is 0.329. The molecule has 3 aromatic rings. The highest BCUT2D eigenvalue weighted by Gasteiger charge is 2.28. The lowest BCUT2D eigenvalue weighted by Gasteiger charge is -2.26. The number of carbonyl (C=O) groups is 1. The van der Waals surface area contributed by atoms with Gasteiger partial charge >= 0.3 is 0 Å². The zero-order valence-corrected chi connectivity index (χ0v) is 22.1. The minimum Gasteiger partial charge on any atom is -0.354 e. The maximum absolute atomic E-state index is 13.5. The molecule has 0 unspecified atom stereocenters. The number of amides is 1. The highest BCUT2D eigenvalue weighted by molar-refractivity contribution is 7.98. The zero-order chi connectivity index (χ0) is 24.7. The van der Waals surface area contributed by atoms with Crippen molar-refractivity contribution in [1.82, 2.24) is 5.32 Å². The third-order valence-electron chi connectivity index (χ3n) is 5.13. The highest BCUT2D eigenvalue weighted by Crippen LogP contribution is 2.30. The van der Waals surface area contributed by atoms with Gasteiger partial charge in [0.05, 0.1) is 10.6 Å². The second-order valence-corrected chi connectivity index (χ2v) is 11.6. The first kappa shape index (κ1) is 26.4. The molecule has 0 heterocycles. The van der Waals surface area contributed by atoms with Crippen LogP contribution in [0.5, 0.6) is 0 Å². The Morgan fingerprint density at radius 1 is 1.00 bits per heavy atom. The minimum atomic E-state index is -3.98. The van der Waals surface area contributed by atoms with Gasteiger partial charge in [-0.1, -0.05) is 59.1 Å². The van der Waals surface area contributed by atoms with E-state index in [-0.39, 0.29) is 11.4 Å². The van der Waals surface area contributed by atoms with Crippen molar-refractivity contribution in [3.63, 3.8) is 0 Å². The van der Waals surface area contributed by atoms with Gasteiger partial charge in [0.25, 0.3) is 10.0 Å². The van der Waals surface area contributed by atoms with E-state index in [4.69, 9.17) is 23.2 Å². The first-order chi connectivity index (χ1) is 16.2. The summed E-state index contributed by atoms with van der Waals surface area (Å²) in [7, 11) is -3.98. The summed E-state index contributed by atoms with van der Waals surface area (Å²) >= 11 is 13.9. The average Bonchev–Trinajstić information content (AvgIpc) is 2.79. The van der Waals surface area contributed by atoms with Gasteiger partial charge in [-0.15, -0.1) is 0 Å². The zero-order valence-electron chi connectivity index (χ0n) is 18.9. The Morgan fingerprint density at radius 2 is 1.71 bits per heavy atom.